The molecule has 0 radical (unpaired) electrons. The molecule has 27 heavy (non-hydrogen) atoms. The highest BCUT2D eigenvalue weighted by Crippen LogP contribution is 2.38. The van der Waals surface area contributed by atoms with Gasteiger partial charge in [-0.05, 0) is 49.5 Å². The molecule has 0 amide bonds. The van der Waals surface area contributed by atoms with Crippen LogP contribution in [0.4, 0.5) is 0 Å². The van der Waals surface area contributed by atoms with E-state index in [9.17, 15) is 4.79 Å². The van der Waals surface area contributed by atoms with E-state index in [1.807, 2.05) is 0 Å². The summed E-state index contributed by atoms with van der Waals surface area (Å²) < 4.78 is 6.49. The van der Waals surface area contributed by atoms with Crippen molar-refractivity contribution < 1.29 is 9.22 Å². The van der Waals surface area contributed by atoms with Crippen molar-refractivity contribution in [2.75, 3.05) is 0 Å². The quantitative estimate of drug-likeness (QED) is 0.551. The zero-order valence-corrected chi connectivity index (χ0v) is 17.8. The van der Waals surface area contributed by atoms with E-state index >= 15 is 0 Å². The Labute approximate surface area is 164 Å². The number of carbonyl (C=O) groups is 1. The smallest absolute Gasteiger partial charge is 0.322 e. The zero-order valence-electron chi connectivity index (χ0n) is 16.8. The van der Waals surface area contributed by atoms with Crippen molar-refractivity contribution in [3.8, 4) is 0 Å². The highest BCUT2D eigenvalue weighted by molar-refractivity contribution is 6.99. The Bertz CT molecular complexity index is 754. The lowest BCUT2D eigenvalue weighted by Crippen LogP contribution is -2.65. The molecule has 2 aromatic rings. The lowest BCUT2D eigenvalue weighted by molar-refractivity contribution is -0.130. The summed E-state index contributed by atoms with van der Waals surface area (Å²) in [5.74, 6) is -0.256. The summed E-state index contributed by atoms with van der Waals surface area (Å²) in [6.07, 6.45) is 5.94. The molecule has 0 heterocycles. The van der Waals surface area contributed by atoms with Gasteiger partial charge in [0.25, 0.3) is 0 Å². The van der Waals surface area contributed by atoms with Gasteiger partial charge in [0.05, 0.1) is 0 Å². The second-order valence-corrected chi connectivity index (χ2v) is 11.6. The first-order valence-corrected chi connectivity index (χ1v) is 11.9. The van der Waals surface area contributed by atoms with E-state index in [0.717, 1.165) is 12.8 Å². The van der Waals surface area contributed by atoms with Crippen molar-refractivity contribution in [2.45, 2.75) is 58.4 Å². The maximum atomic E-state index is 12.8. The number of hydrogen-bond donors (Lipinski definition) is 0. The fourth-order valence-electron chi connectivity index (χ4n) is 4.18. The minimum absolute atomic E-state index is 0.256. The van der Waals surface area contributed by atoms with Gasteiger partial charge in [-0.1, -0.05) is 85.5 Å². The minimum Gasteiger partial charge on any atom is -0.507 e. The Morgan fingerprint density at radius 2 is 1.33 bits per heavy atom. The van der Waals surface area contributed by atoms with E-state index < -0.39 is 8.32 Å². The van der Waals surface area contributed by atoms with Crippen molar-refractivity contribution in [3.63, 3.8) is 0 Å². The van der Waals surface area contributed by atoms with Crippen LogP contribution in [0, 0.1) is 13.8 Å². The SMILES string of the molecule is C=C(C)C(=O)O[Si](c1ccc(C)cc1)(c1ccc(C)cc1)C1CCCCC1. The van der Waals surface area contributed by atoms with Crippen LogP contribution in [0.2, 0.25) is 5.54 Å². The Balaban J connectivity index is 2.21. The molecule has 142 valence electrons. The van der Waals surface area contributed by atoms with Crippen molar-refractivity contribution >= 4 is 24.7 Å². The molecule has 1 aliphatic carbocycles. The molecule has 0 aliphatic heterocycles. The molecule has 0 aromatic heterocycles. The summed E-state index contributed by atoms with van der Waals surface area (Å²) in [6, 6.07) is 17.3. The Morgan fingerprint density at radius 1 is 0.889 bits per heavy atom. The first-order valence-electron chi connectivity index (χ1n) is 9.96. The average Bonchev–Trinajstić information content (AvgIpc) is 2.68. The molecular formula is C24H30O2Si. The molecular weight excluding hydrogens is 348 g/mol. The standard InChI is InChI=1S/C24H30O2Si/c1-18(2)24(25)26-27(21-8-6-5-7-9-21,22-14-10-19(3)11-15-22)23-16-12-20(4)13-17-23/h10-17,21H,1,5-9H2,2-4H3. The Hall–Kier alpha value is -2.13. The number of benzene rings is 2. The van der Waals surface area contributed by atoms with Crippen molar-refractivity contribution in [3.05, 3.63) is 71.8 Å². The van der Waals surface area contributed by atoms with Crippen molar-refractivity contribution in [2.24, 2.45) is 0 Å². The lowest BCUT2D eigenvalue weighted by Gasteiger charge is -2.40. The summed E-state index contributed by atoms with van der Waals surface area (Å²) in [4.78, 5) is 12.8. The largest absolute Gasteiger partial charge is 0.507 e. The maximum absolute atomic E-state index is 12.8. The van der Waals surface area contributed by atoms with Gasteiger partial charge < -0.3 is 4.43 Å². The molecule has 2 nitrogen and oxygen atoms in total. The molecule has 0 bridgehead atoms. The van der Waals surface area contributed by atoms with Crippen LogP contribution in [0.1, 0.15) is 50.2 Å². The van der Waals surface area contributed by atoms with Crippen LogP contribution >= 0.6 is 0 Å². The van der Waals surface area contributed by atoms with Gasteiger partial charge in [-0.3, -0.25) is 0 Å². The van der Waals surface area contributed by atoms with Gasteiger partial charge in [0.15, 0.2) is 0 Å². The van der Waals surface area contributed by atoms with Crippen LogP contribution in [0.3, 0.4) is 0 Å². The van der Waals surface area contributed by atoms with Gasteiger partial charge in [-0.2, -0.15) is 0 Å². The van der Waals surface area contributed by atoms with E-state index in [1.165, 1.54) is 40.8 Å². The van der Waals surface area contributed by atoms with Crippen LogP contribution in [-0.4, -0.2) is 14.3 Å². The third-order valence-electron chi connectivity index (χ3n) is 5.74. The first kappa shape index (κ1) is 19.6. The highest BCUT2D eigenvalue weighted by Gasteiger charge is 2.50. The van der Waals surface area contributed by atoms with E-state index in [0.29, 0.717) is 11.1 Å². The fourth-order valence-corrected chi connectivity index (χ4v) is 8.87. The molecule has 1 saturated carbocycles. The van der Waals surface area contributed by atoms with Crippen LogP contribution < -0.4 is 10.4 Å². The molecule has 0 spiro atoms. The van der Waals surface area contributed by atoms with Gasteiger partial charge in [0, 0.05) is 5.57 Å². The summed E-state index contributed by atoms with van der Waals surface area (Å²) in [6.45, 7) is 9.78. The molecule has 0 unspecified atom stereocenters. The minimum atomic E-state index is -2.73. The van der Waals surface area contributed by atoms with E-state index in [-0.39, 0.29) is 5.97 Å². The molecule has 2 aromatic carbocycles. The number of aryl methyl sites for hydroxylation is 2. The predicted octanol–water partition coefficient (Wildman–Crippen LogP) is 4.82. The van der Waals surface area contributed by atoms with Crippen molar-refractivity contribution in [1.29, 1.82) is 0 Å². The number of carbonyl (C=O) groups excluding carboxylic acids is 1. The van der Waals surface area contributed by atoms with Gasteiger partial charge in [0.1, 0.15) is 0 Å². The zero-order chi connectivity index (χ0) is 19.4. The monoisotopic (exact) mass is 378 g/mol. The Kier molecular flexibility index (Phi) is 6.00. The molecule has 0 saturated heterocycles. The van der Waals surface area contributed by atoms with Gasteiger partial charge in [-0.15, -0.1) is 0 Å². The summed E-state index contributed by atoms with van der Waals surface area (Å²) >= 11 is 0. The Morgan fingerprint density at radius 3 is 1.74 bits per heavy atom. The predicted molar refractivity (Wildman–Crippen MR) is 115 cm³/mol. The molecule has 1 aliphatic rings. The van der Waals surface area contributed by atoms with Crippen LogP contribution in [0.5, 0.6) is 0 Å². The van der Waals surface area contributed by atoms with Crippen LogP contribution in [0.25, 0.3) is 0 Å². The average molecular weight is 379 g/mol. The molecule has 0 atom stereocenters. The third-order valence-corrected chi connectivity index (χ3v) is 10.4. The summed E-state index contributed by atoms with van der Waals surface area (Å²) in [5, 5.41) is 2.39. The van der Waals surface area contributed by atoms with Crippen LogP contribution in [-0.2, 0) is 9.22 Å². The van der Waals surface area contributed by atoms with Gasteiger partial charge >= 0.3 is 14.3 Å². The van der Waals surface area contributed by atoms with Crippen LogP contribution in [0.15, 0.2) is 60.7 Å². The highest BCUT2D eigenvalue weighted by atomic mass is 28.4. The van der Waals surface area contributed by atoms with E-state index in [4.69, 9.17) is 4.43 Å². The van der Waals surface area contributed by atoms with E-state index in [2.05, 4.69) is 69.0 Å². The summed E-state index contributed by atoms with van der Waals surface area (Å²) in [7, 11) is -2.73. The second-order valence-electron chi connectivity index (χ2n) is 7.97. The van der Waals surface area contributed by atoms with Gasteiger partial charge in [-0.25, -0.2) is 4.79 Å². The fraction of sp³-hybridized carbons (Fsp3) is 0.375. The van der Waals surface area contributed by atoms with Gasteiger partial charge in [0.2, 0.25) is 0 Å². The molecule has 0 N–H and O–H groups in total. The summed E-state index contributed by atoms with van der Waals surface area (Å²) in [5.41, 5.74) is 3.32. The normalized spacial score (nSPS) is 15.4. The maximum Gasteiger partial charge on any atom is 0.322 e. The third kappa shape index (κ3) is 4.08. The number of hydrogen-bond acceptors (Lipinski definition) is 2. The molecule has 3 rings (SSSR count). The van der Waals surface area contributed by atoms with Crippen molar-refractivity contribution in [1.82, 2.24) is 0 Å². The molecule has 3 heteroatoms. The lowest BCUT2D eigenvalue weighted by atomic mass is 10.0. The molecule has 1 fully saturated rings. The number of rotatable bonds is 5. The first-order chi connectivity index (χ1) is 12.9. The van der Waals surface area contributed by atoms with E-state index in [1.54, 1.807) is 6.92 Å². The topological polar surface area (TPSA) is 26.3 Å². The second kappa shape index (κ2) is 8.26.